The third-order valence-corrected chi connectivity index (χ3v) is 3.09. The van der Waals surface area contributed by atoms with Gasteiger partial charge in [0.05, 0.1) is 0 Å². The summed E-state index contributed by atoms with van der Waals surface area (Å²) in [7, 11) is 0. The molecule has 0 radical (unpaired) electrons. The van der Waals surface area contributed by atoms with Gasteiger partial charge in [0.1, 0.15) is 0 Å². The minimum absolute atomic E-state index is 0.0628. The van der Waals surface area contributed by atoms with Gasteiger partial charge < -0.3 is 30.6 Å². The molecule has 0 aromatic rings. The first-order chi connectivity index (χ1) is 13.9. The number of carboxylic acids is 6. The Morgan fingerprint density at radius 1 is 0.300 bits per heavy atom. The van der Waals surface area contributed by atoms with E-state index in [0.717, 1.165) is 0 Å². The molecule has 0 atom stereocenters. The highest BCUT2D eigenvalue weighted by molar-refractivity contribution is 5.69. The monoisotopic (exact) mass is 438 g/mol. The van der Waals surface area contributed by atoms with Crippen LogP contribution in [-0.4, -0.2) is 66.5 Å². The lowest BCUT2D eigenvalue weighted by Crippen LogP contribution is -1.97. The van der Waals surface area contributed by atoms with Crippen molar-refractivity contribution >= 4 is 35.8 Å². The number of unbranched alkanes of at least 4 members (excludes halogenated alkanes) is 3. The van der Waals surface area contributed by atoms with Crippen molar-refractivity contribution in [2.24, 2.45) is 0 Å². The summed E-state index contributed by atoms with van der Waals surface area (Å²) in [6.45, 7) is 0. The lowest BCUT2D eigenvalue weighted by Gasteiger charge is -1.92. The average molecular weight is 438 g/mol. The molecule has 0 fully saturated rings. The third kappa shape index (κ3) is 44.3. The first-order valence-electron chi connectivity index (χ1n) is 9.19. The maximum atomic E-state index is 9.90. The van der Waals surface area contributed by atoms with Gasteiger partial charge in [-0.25, -0.2) is 0 Å². The van der Waals surface area contributed by atoms with Gasteiger partial charge in [-0.1, -0.05) is 0 Å². The first-order valence-corrected chi connectivity index (χ1v) is 9.19. The largest absolute Gasteiger partial charge is 0.481 e. The van der Waals surface area contributed by atoms with Gasteiger partial charge in [0.15, 0.2) is 0 Å². The van der Waals surface area contributed by atoms with Crippen molar-refractivity contribution in [1.82, 2.24) is 0 Å². The van der Waals surface area contributed by atoms with Gasteiger partial charge in [0.2, 0.25) is 0 Å². The minimum Gasteiger partial charge on any atom is -0.481 e. The van der Waals surface area contributed by atoms with E-state index in [0.29, 0.717) is 38.5 Å². The van der Waals surface area contributed by atoms with Crippen LogP contribution in [0.15, 0.2) is 0 Å². The van der Waals surface area contributed by atoms with Crippen LogP contribution in [0.1, 0.15) is 77.0 Å². The quantitative estimate of drug-likeness (QED) is 0.202. The van der Waals surface area contributed by atoms with Crippen molar-refractivity contribution in [2.45, 2.75) is 77.0 Å². The van der Waals surface area contributed by atoms with Crippen LogP contribution in [0.3, 0.4) is 0 Å². The van der Waals surface area contributed by atoms with Gasteiger partial charge in [0, 0.05) is 38.5 Å². The van der Waals surface area contributed by atoms with E-state index in [4.69, 9.17) is 30.6 Å². The molecule has 12 heteroatoms. The van der Waals surface area contributed by atoms with E-state index in [-0.39, 0.29) is 38.5 Å². The van der Waals surface area contributed by atoms with Crippen molar-refractivity contribution < 1.29 is 59.4 Å². The molecule has 174 valence electrons. The number of carboxylic acid groups (broad SMARTS) is 6. The van der Waals surface area contributed by atoms with Crippen LogP contribution in [0, 0.1) is 0 Å². The van der Waals surface area contributed by atoms with Gasteiger partial charge in [-0.15, -0.1) is 0 Å². The molecule has 0 saturated heterocycles. The van der Waals surface area contributed by atoms with Crippen molar-refractivity contribution in [2.75, 3.05) is 0 Å². The van der Waals surface area contributed by atoms with Crippen LogP contribution in [-0.2, 0) is 28.8 Å². The van der Waals surface area contributed by atoms with Gasteiger partial charge in [0.25, 0.3) is 0 Å². The van der Waals surface area contributed by atoms with Crippen LogP contribution in [0.25, 0.3) is 0 Å². The second kappa shape index (κ2) is 22.1. The van der Waals surface area contributed by atoms with Crippen LogP contribution in [0.4, 0.5) is 0 Å². The third-order valence-electron chi connectivity index (χ3n) is 3.09. The van der Waals surface area contributed by atoms with Gasteiger partial charge >= 0.3 is 35.8 Å². The summed E-state index contributed by atoms with van der Waals surface area (Å²) >= 11 is 0. The highest BCUT2D eigenvalue weighted by Crippen LogP contribution is 2.00. The number of hydrogen-bond donors (Lipinski definition) is 6. The van der Waals surface area contributed by atoms with Crippen LogP contribution < -0.4 is 0 Å². The molecule has 0 spiro atoms. The second-order valence-electron chi connectivity index (χ2n) is 5.98. The maximum Gasteiger partial charge on any atom is 0.303 e. The Morgan fingerprint density at radius 3 is 0.467 bits per heavy atom. The fourth-order valence-corrected chi connectivity index (χ4v) is 1.66. The molecule has 0 rings (SSSR count). The van der Waals surface area contributed by atoms with E-state index < -0.39 is 35.8 Å². The number of hydrogen-bond acceptors (Lipinski definition) is 6. The van der Waals surface area contributed by atoms with Gasteiger partial charge in [-0.2, -0.15) is 0 Å². The Labute approximate surface area is 173 Å². The molecule has 0 aromatic carbocycles. The molecule has 6 N–H and O–H groups in total. The topological polar surface area (TPSA) is 224 Å². The Morgan fingerprint density at radius 2 is 0.400 bits per heavy atom. The molecule has 0 saturated carbocycles. The van der Waals surface area contributed by atoms with Crippen LogP contribution in [0.5, 0.6) is 0 Å². The number of aliphatic carboxylic acids is 6. The lowest BCUT2D eigenvalue weighted by molar-refractivity contribution is -0.139. The van der Waals surface area contributed by atoms with Gasteiger partial charge in [-0.05, 0) is 38.5 Å². The predicted octanol–water partition coefficient (Wildman–Crippen LogP) is 2.15. The molecule has 0 heterocycles. The summed E-state index contributed by atoms with van der Waals surface area (Å²) in [6, 6.07) is 0. The van der Waals surface area contributed by atoms with E-state index in [1.807, 2.05) is 0 Å². The normalized spacial score (nSPS) is 9.20. The summed E-state index contributed by atoms with van der Waals surface area (Å²) in [5.41, 5.74) is 0. The predicted molar refractivity (Wildman–Crippen MR) is 101 cm³/mol. The van der Waals surface area contributed by atoms with E-state index in [1.165, 1.54) is 0 Å². The van der Waals surface area contributed by atoms with Crippen LogP contribution in [0.2, 0.25) is 0 Å². The molecular weight excluding hydrogens is 408 g/mol. The van der Waals surface area contributed by atoms with E-state index in [2.05, 4.69) is 0 Å². The molecule has 12 nitrogen and oxygen atoms in total. The molecule has 0 amide bonds. The maximum absolute atomic E-state index is 9.90. The molecular formula is C18H30O12. The molecule has 0 bridgehead atoms. The Hall–Kier alpha value is -3.18. The Kier molecular flexibility index (Phi) is 23.2. The van der Waals surface area contributed by atoms with Crippen molar-refractivity contribution in [3.63, 3.8) is 0 Å². The summed E-state index contributed by atoms with van der Waals surface area (Å²) in [6.07, 6.45) is 3.05. The summed E-state index contributed by atoms with van der Waals surface area (Å²) in [5.74, 6) is -5.22. The van der Waals surface area contributed by atoms with Crippen molar-refractivity contribution in [1.29, 1.82) is 0 Å². The minimum atomic E-state index is -0.870. The molecule has 0 aliphatic heterocycles. The van der Waals surface area contributed by atoms with Gasteiger partial charge in [-0.3, -0.25) is 28.8 Å². The van der Waals surface area contributed by atoms with Crippen LogP contribution >= 0.6 is 0 Å². The van der Waals surface area contributed by atoms with Crippen molar-refractivity contribution in [3.05, 3.63) is 0 Å². The molecule has 0 unspecified atom stereocenters. The SMILES string of the molecule is O=C(O)CCCCC(=O)O.O=C(O)CCCCC(=O)O.O=C(O)CCCCC(=O)O. The zero-order chi connectivity index (χ0) is 23.9. The van der Waals surface area contributed by atoms with E-state index in [9.17, 15) is 28.8 Å². The molecule has 0 aromatic heterocycles. The summed E-state index contributed by atoms with van der Waals surface area (Å²) in [5, 5.41) is 48.8. The fraction of sp³-hybridized carbons (Fsp3) is 0.667. The standard InChI is InChI=1S/3C6H10O4/c3*7-5(8)3-1-2-4-6(9)10/h3*1-4H2,(H,7,8)(H,9,10). The van der Waals surface area contributed by atoms with E-state index in [1.54, 1.807) is 0 Å². The average Bonchev–Trinajstić information content (AvgIpc) is 2.60. The van der Waals surface area contributed by atoms with E-state index >= 15 is 0 Å². The molecule has 0 aliphatic rings. The number of carbonyl (C=O) groups is 6. The van der Waals surface area contributed by atoms with Crippen molar-refractivity contribution in [3.8, 4) is 0 Å². The zero-order valence-corrected chi connectivity index (χ0v) is 16.6. The smallest absolute Gasteiger partial charge is 0.303 e. The summed E-state index contributed by atoms with van der Waals surface area (Å²) in [4.78, 5) is 59.4. The second-order valence-corrected chi connectivity index (χ2v) is 5.98. The lowest BCUT2D eigenvalue weighted by atomic mass is 10.2. The highest BCUT2D eigenvalue weighted by Gasteiger charge is 2.00. The highest BCUT2D eigenvalue weighted by atomic mass is 16.4. The fourth-order valence-electron chi connectivity index (χ4n) is 1.66. The Bertz CT molecular complexity index is 417. The first kappa shape index (κ1) is 31.5. The number of rotatable bonds is 15. The Balaban J connectivity index is -0.000000364. The summed E-state index contributed by atoms with van der Waals surface area (Å²) < 4.78 is 0. The molecule has 0 aliphatic carbocycles. The molecule has 30 heavy (non-hydrogen) atoms. The zero-order valence-electron chi connectivity index (χ0n) is 16.6.